The molecule has 0 radical (unpaired) electrons. The molecule has 2 aromatic heterocycles. The van der Waals surface area contributed by atoms with E-state index < -0.39 is 0 Å². The maximum Gasteiger partial charge on any atom is 0.272 e. The number of imidazole rings is 1. The van der Waals surface area contributed by atoms with Crippen LogP contribution in [0, 0.1) is 5.92 Å². The minimum absolute atomic E-state index is 0.0526. The second-order valence-corrected chi connectivity index (χ2v) is 8.76. The number of carbonyl (C=O) groups is 2. The number of aromatic nitrogens is 2. The Morgan fingerprint density at radius 1 is 1.13 bits per heavy atom. The summed E-state index contributed by atoms with van der Waals surface area (Å²) in [6.45, 7) is 6.86. The molecule has 1 atom stereocenters. The van der Waals surface area contributed by atoms with Crippen LogP contribution in [0.3, 0.4) is 0 Å². The van der Waals surface area contributed by atoms with Crippen LogP contribution >= 0.6 is 11.3 Å². The Morgan fingerprint density at radius 3 is 2.61 bits per heavy atom. The summed E-state index contributed by atoms with van der Waals surface area (Å²) in [7, 11) is 0. The molecule has 1 aromatic carbocycles. The highest BCUT2D eigenvalue weighted by Crippen LogP contribution is 2.26. The van der Waals surface area contributed by atoms with Gasteiger partial charge in [-0.05, 0) is 42.8 Å². The highest BCUT2D eigenvalue weighted by molar-refractivity contribution is 7.13. The number of thiophene rings is 1. The number of likely N-dealkylation sites (N-methyl/N-ethyl adjacent to an activating group) is 1. The van der Waals surface area contributed by atoms with E-state index in [4.69, 9.17) is 0 Å². The first-order chi connectivity index (χ1) is 15.1. The predicted octanol–water partition coefficient (Wildman–Crippen LogP) is 3.79. The molecule has 6 nitrogen and oxygen atoms in total. The highest BCUT2D eigenvalue weighted by Gasteiger charge is 2.32. The third-order valence-corrected chi connectivity index (χ3v) is 6.84. The maximum absolute atomic E-state index is 13.2. The zero-order valence-electron chi connectivity index (χ0n) is 18.0. The molecular formula is C24H28N4O2S. The van der Waals surface area contributed by atoms with Crippen molar-refractivity contribution in [2.45, 2.75) is 26.8 Å². The van der Waals surface area contributed by atoms with Crippen LogP contribution in [0.4, 0.5) is 0 Å². The van der Waals surface area contributed by atoms with Crippen LogP contribution in [0.2, 0.25) is 0 Å². The lowest BCUT2D eigenvalue weighted by Gasteiger charge is -2.24. The molecule has 3 heterocycles. The van der Waals surface area contributed by atoms with E-state index in [1.165, 1.54) is 10.4 Å². The van der Waals surface area contributed by atoms with E-state index in [-0.39, 0.29) is 17.7 Å². The quantitative estimate of drug-likeness (QED) is 0.591. The van der Waals surface area contributed by atoms with E-state index >= 15 is 0 Å². The van der Waals surface area contributed by atoms with Crippen molar-refractivity contribution in [3.63, 3.8) is 0 Å². The van der Waals surface area contributed by atoms with Crippen molar-refractivity contribution >= 4 is 23.2 Å². The Bertz CT molecular complexity index is 1030. The lowest BCUT2D eigenvalue weighted by molar-refractivity contribution is -0.134. The van der Waals surface area contributed by atoms with E-state index in [0.717, 1.165) is 5.56 Å². The normalized spacial score (nSPS) is 17.1. The lowest BCUT2D eigenvalue weighted by atomic mass is 9.96. The molecule has 4 rings (SSSR count). The zero-order valence-corrected chi connectivity index (χ0v) is 18.8. The summed E-state index contributed by atoms with van der Waals surface area (Å²) in [5.41, 5.74) is 2.88. The van der Waals surface area contributed by atoms with Gasteiger partial charge < -0.3 is 14.4 Å². The predicted molar refractivity (Wildman–Crippen MR) is 123 cm³/mol. The van der Waals surface area contributed by atoms with E-state index in [2.05, 4.69) is 40.7 Å². The Labute approximate surface area is 187 Å². The van der Waals surface area contributed by atoms with Gasteiger partial charge in [0.05, 0.1) is 18.4 Å². The summed E-state index contributed by atoms with van der Waals surface area (Å²) >= 11 is 1.72. The maximum atomic E-state index is 13.2. The Hall–Kier alpha value is -2.93. The van der Waals surface area contributed by atoms with E-state index in [9.17, 15) is 9.59 Å². The van der Waals surface area contributed by atoms with Crippen molar-refractivity contribution in [3.05, 3.63) is 65.6 Å². The second-order valence-electron chi connectivity index (χ2n) is 7.81. The average molecular weight is 437 g/mol. The number of nitrogens with zero attached hydrogens (tertiary/aromatic N) is 4. The van der Waals surface area contributed by atoms with Crippen molar-refractivity contribution in [1.29, 1.82) is 0 Å². The minimum Gasteiger partial charge on any atom is -0.341 e. The van der Waals surface area contributed by atoms with Crippen LogP contribution in [0.5, 0.6) is 0 Å². The fourth-order valence-corrected chi connectivity index (χ4v) is 4.87. The van der Waals surface area contributed by atoms with Crippen molar-refractivity contribution in [1.82, 2.24) is 19.4 Å². The fourth-order valence-electron chi connectivity index (χ4n) is 4.14. The van der Waals surface area contributed by atoms with Crippen LogP contribution in [0.1, 0.15) is 29.9 Å². The van der Waals surface area contributed by atoms with E-state index in [1.807, 2.05) is 34.3 Å². The molecular weight excluding hydrogens is 408 g/mol. The number of amides is 2. The van der Waals surface area contributed by atoms with Gasteiger partial charge in [-0.25, -0.2) is 4.98 Å². The van der Waals surface area contributed by atoms with Crippen molar-refractivity contribution in [2.24, 2.45) is 5.92 Å². The molecule has 0 aliphatic carbocycles. The smallest absolute Gasteiger partial charge is 0.272 e. The fraction of sp³-hybridized carbons (Fsp3) is 0.375. The monoisotopic (exact) mass is 436 g/mol. The molecule has 162 valence electrons. The Kier molecular flexibility index (Phi) is 6.51. The largest absolute Gasteiger partial charge is 0.341 e. The van der Waals surface area contributed by atoms with Gasteiger partial charge in [-0.15, -0.1) is 11.3 Å². The summed E-state index contributed by atoms with van der Waals surface area (Å²) in [6.07, 6.45) is 3.92. The lowest BCUT2D eigenvalue weighted by Crippen LogP contribution is -2.38. The number of carbonyl (C=O) groups excluding carboxylic acids is 2. The molecule has 7 heteroatoms. The standard InChI is InChI=1S/C24H28N4O2S/c1-3-26-11-12-28(24(30)21-15-25-17-27(21)4-2)16-20(23(26)29)14-18-7-9-19(10-8-18)22-6-5-13-31-22/h5-10,13,15,17,20H,3-4,11-12,14,16H2,1-2H3/t20-/m1/s1. The number of hydrogen-bond acceptors (Lipinski definition) is 4. The topological polar surface area (TPSA) is 58.4 Å². The molecule has 1 aliphatic rings. The molecule has 1 aliphatic heterocycles. The van der Waals surface area contributed by atoms with Crippen LogP contribution in [0.15, 0.2) is 54.3 Å². The third-order valence-electron chi connectivity index (χ3n) is 5.92. The van der Waals surface area contributed by atoms with Gasteiger partial charge in [-0.1, -0.05) is 30.3 Å². The molecule has 1 saturated heterocycles. The summed E-state index contributed by atoms with van der Waals surface area (Å²) in [5, 5.41) is 2.07. The highest BCUT2D eigenvalue weighted by atomic mass is 32.1. The average Bonchev–Trinajstić information content (AvgIpc) is 3.47. The molecule has 0 N–H and O–H groups in total. The van der Waals surface area contributed by atoms with E-state index in [0.29, 0.717) is 44.8 Å². The van der Waals surface area contributed by atoms with Gasteiger partial charge in [-0.2, -0.15) is 0 Å². The zero-order chi connectivity index (χ0) is 21.8. The number of hydrogen-bond donors (Lipinski definition) is 0. The number of rotatable bonds is 6. The van der Waals surface area contributed by atoms with Gasteiger partial charge in [0, 0.05) is 37.6 Å². The van der Waals surface area contributed by atoms with Gasteiger partial charge in [0.25, 0.3) is 5.91 Å². The first-order valence-corrected chi connectivity index (χ1v) is 11.7. The van der Waals surface area contributed by atoms with Gasteiger partial charge in [0.1, 0.15) is 5.69 Å². The summed E-state index contributed by atoms with van der Waals surface area (Å²) in [6, 6.07) is 12.6. The molecule has 3 aromatic rings. The van der Waals surface area contributed by atoms with Crippen LogP contribution < -0.4 is 0 Å². The SMILES string of the molecule is CCN1CCN(C(=O)c2cncn2CC)C[C@@H](Cc2ccc(-c3cccs3)cc2)C1=O. The van der Waals surface area contributed by atoms with Crippen LogP contribution in [-0.2, 0) is 17.8 Å². The molecule has 0 bridgehead atoms. The van der Waals surface area contributed by atoms with E-state index in [1.54, 1.807) is 23.9 Å². The molecule has 2 amide bonds. The Balaban J connectivity index is 1.54. The molecule has 0 spiro atoms. The van der Waals surface area contributed by atoms with Crippen LogP contribution in [0.25, 0.3) is 10.4 Å². The van der Waals surface area contributed by atoms with Gasteiger partial charge in [-0.3, -0.25) is 9.59 Å². The molecule has 0 unspecified atom stereocenters. The van der Waals surface area contributed by atoms with Gasteiger partial charge in [0.15, 0.2) is 0 Å². The molecule has 1 fully saturated rings. The van der Waals surface area contributed by atoms with Crippen molar-refractivity contribution in [3.8, 4) is 10.4 Å². The second kappa shape index (κ2) is 9.47. The first kappa shape index (κ1) is 21.3. The summed E-state index contributed by atoms with van der Waals surface area (Å²) in [4.78, 5) is 35.4. The van der Waals surface area contributed by atoms with Gasteiger partial charge >= 0.3 is 0 Å². The molecule has 31 heavy (non-hydrogen) atoms. The molecule has 0 saturated carbocycles. The third kappa shape index (κ3) is 4.56. The van der Waals surface area contributed by atoms with Crippen molar-refractivity contribution < 1.29 is 9.59 Å². The Morgan fingerprint density at radius 2 is 1.94 bits per heavy atom. The number of aryl methyl sites for hydroxylation is 1. The van der Waals surface area contributed by atoms with Gasteiger partial charge in [0.2, 0.25) is 5.91 Å². The first-order valence-electron chi connectivity index (χ1n) is 10.8. The summed E-state index contributed by atoms with van der Waals surface area (Å²) in [5.74, 6) is -0.177. The minimum atomic E-state index is -0.253. The van der Waals surface area contributed by atoms with Crippen molar-refractivity contribution in [2.75, 3.05) is 26.2 Å². The number of benzene rings is 1. The summed E-state index contributed by atoms with van der Waals surface area (Å²) < 4.78 is 1.85. The van der Waals surface area contributed by atoms with Crippen LogP contribution in [-0.4, -0.2) is 57.3 Å².